The highest BCUT2D eigenvalue weighted by Gasteiger charge is 2.21. The predicted molar refractivity (Wildman–Crippen MR) is 110 cm³/mol. The van der Waals surface area contributed by atoms with E-state index in [2.05, 4.69) is 5.32 Å². The molecule has 1 atom stereocenters. The summed E-state index contributed by atoms with van der Waals surface area (Å²) in [4.78, 5) is 24.1. The summed E-state index contributed by atoms with van der Waals surface area (Å²) in [5.41, 5.74) is 1.60. The number of benzene rings is 2. The maximum atomic E-state index is 12.5. The molecular formula is C23H27NO5. The van der Waals surface area contributed by atoms with Crippen LogP contribution in [0.4, 0.5) is 0 Å². The van der Waals surface area contributed by atoms with Crippen LogP contribution in [0.3, 0.4) is 0 Å². The molecule has 0 saturated heterocycles. The zero-order chi connectivity index (χ0) is 20.8. The van der Waals surface area contributed by atoms with Crippen molar-refractivity contribution in [2.24, 2.45) is 5.92 Å². The van der Waals surface area contributed by atoms with Crippen LogP contribution in [0.2, 0.25) is 0 Å². The molecule has 0 fully saturated rings. The van der Waals surface area contributed by atoms with Gasteiger partial charge in [-0.1, -0.05) is 26.8 Å². The summed E-state index contributed by atoms with van der Waals surface area (Å²) in [7, 11) is 0. The van der Waals surface area contributed by atoms with Gasteiger partial charge in [0.25, 0.3) is 5.91 Å². The Morgan fingerprint density at radius 3 is 2.38 bits per heavy atom. The smallest absolute Gasteiger partial charge is 0.258 e. The molecule has 6 nitrogen and oxygen atoms in total. The number of nitrogens with one attached hydrogen (secondary N) is 1. The minimum absolute atomic E-state index is 0.0773. The van der Waals surface area contributed by atoms with Crippen LogP contribution in [0, 0.1) is 5.92 Å². The highest BCUT2D eigenvalue weighted by atomic mass is 16.6. The molecule has 1 amide bonds. The third-order valence-electron chi connectivity index (χ3n) is 4.78. The van der Waals surface area contributed by atoms with E-state index in [1.54, 1.807) is 24.3 Å². The van der Waals surface area contributed by atoms with E-state index >= 15 is 0 Å². The molecule has 2 aromatic carbocycles. The quantitative estimate of drug-likeness (QED) is 0.683. The van der Waals surface area contributed by atoms with Gasteiger partial charge in [0.15, 0.2) is 23.9 Å². The van der Waals surface area contributed by atoms with Gasteiger partial charge in [0.05, 0.1) is 6.04 Å². The molecule has 0 saturated carbocycles. The number of carbonyl (C=O) groups excluding carboxylic acids is 2. The lowest BCUT2D eigenvalue weighted by molar-refractivity contribution is -0.124. The molecule has 0 spiro atoms. The molecule has 0 bridgehead atoms. The average Bonchev–Trinajstić information content (AvgIpc) is 2.75. The Morgan fingerprint density at radius 2 is 1.72 bits per heavy atom. The Hall–Kier alpha value is -3.02. The van der Waals surface area contributed by atoms with Crippen LogP contribution >= 0.6 is 0 Å². The minimum atomic E-state index is -0.215. The first-order chi connectivity index (χ1) is 14.0. The monoisotopic (exact) mass is 397 g/mol. The van der Waals surface area contributed by atoms with Crippen LogP contribution in [0.15, 0.2) is 42.5 Å². The van der Waals surface area contributed by atoms with Gasteiger partial charge in [0, 0.05) is 12.0 Å². The fourth-order valence-electron chi connectivity index (χ4n) is 3.19. The molecule has 0 aromatic heterocycles. The third kappa shape index (κ3) is 5.28. The van der Waals surface area contributed by atoms with Crippen molar-refractivity contribution < 1.29 is 23.8 Å². The number of rotatable bonds is 8. The van der Waals surface area contributed by atoms with E-state index in [4.69, 9.17) is 14.2 Å². The van der Waals surface area contributed by atoms with E-state index in [1.807, 2.05) is 39.0 Å². The van der Waals surface area contributed by atoms with Crippen molar-refractivity contribution in [3.63, 3.8) is 0 Å². The van der Waals surface area contributed by atoms with Gasteiger partial charge in [-0.3, -0.25) is 9.59 Å². The molecule has 6 heteroatoms. The number of hydrogen-bond donors (Lipinski definition) is 1. The fourth-order valence-corrected chi connectivity index (χ4v) is 3.19. The van der Waals surface area contributed by atoms with Crippen LogP contribution in [0.5, 0.6) is 17.2 Å². The van der Waals surface area contributed by atoms with Gasteiger partial charge < -0.3 is 19.5 Å². The second-order valence-corrected chi connectivity index (χ2v) is 7.28. The molecule has 3 rings (SSSR count). The van der Waals surface area contributed by atoms with Gasteiger partial charge in [0.1, 0.15) is 19.0 Å². The summed E-state index contributed by atoms with van der Waals surface area (Å²) < 4.78 is 16.8. The Kier molecular flexibility index (Phi) is 6.75. The van der Waals surface area contributed by atoms with Crippen molar-refractivity contribution in [3.8, 4) is 17.2 Å². The summed E-state index contributed by atoms with van der Waals surface area (Å²) in [6, 6.07) is 12.4. The van der Waals surface area contributed by atoms with Crippen molar-refractivity contribution in [2.75, 3.05) is 19.8 Å². The van der Waals surface area contributed by atoms with Crippen LogP contribution < -0.4 is 19.5 Å². The number of amides is 1. The Morgan fingerprint density at radius 1 is 1.03 bits per heavy atom. The Labute approximate surface area is 171 Å². The van der Waals surface area contributed by atoms with E-state index < -0.39 is 0 Å². The summed E-state index contributed by atoms with van der Waals surface area (Å²) in [6.07, 6.45) is 0.457. The summed E-state index contributed by atoms with van der Waals surface area (Å²) in [5.74, 6) is 2.02. The summed E-state index contributed by atoms with van der Waals surface area (Å²) in [6.45, 7) is 6.88. The van der Waals surface area contributed by atoms with E-state index in [9.17, 15) is 9.59 Å². The fraction of sp³-hybridized carbons (Fsp3) is 0.391. The molecule has 2 aromatic rings. The standard InChI is InChI=1S/C23H27NO5/c1-4-19(25)16-5-8-18(9-6-16)29-14-22(26)24-23(15(2)3)17-7-10-20-21(13-17)28-12-11-27-20/h5-10,13,15,23H,4,11-12,14H2,1-3H3,(H,24,26). The summed E-state index contributed by atoms with van der Waals surface area (Å²) in [5, 5.41) is 3.03. The second kappa shape index (κ2) is 9.45. The van der Waals surface area contributed by atoms with Crippen molar-refractivity contribution >= 4 is 11.7 Å². The van der Waals surface area contributed by atoms with Crippen molar-refractivity contribution in [3.05, 3.63) is 53.6 Å². The zero-order valence-corrected chi connectivity index (χ0v) is 17.1. The highest BCUT2D eigenvalue weighted by Crippen LogP contribution is 2.34. The molecular weight excluding hydrogens is 370 g/mol. The number of ether oxygens (including phenoxy) is 3. The zero-order valence-electron chi connectivity index (χ0n) is 17.1. The van der Waals surface area contributed by atoms with Gasteiger partial charge in [0.2, 0.25) is 0 Å². The molecule has 1 N–H and O–H groups in total. The Balaban J connectivity index is 1.60. The normalized spacial score (nSPS) is 13.7. The van der Waals surface area contributed by atoms with E-state index in [-0.39, 0.29) is 30.3 Å². The van der Waals surface area contributed by atoms with Gasteiger partial charge >= 0.3 is 0 Å². The van der Waals surface area contributed by atoms with Crippen molar-refractivity contribution in [1.82, 2.24) is 5.32 Å². The lowest BCUT2D eigenvalue weighted by Gasteiger charge is -2.25. The molecule has 1 heterocycles. The lowest BCUT2D eigenvalue weighted by Crippen LogP contribution is -2.35. The first-order valence-corrected chi connectivity index (χ1v) is 9.93. The molecule has 0 aliphatic carbocycles. The summed E-state index contributed by atoms with van der Waals surface area (Å²) >= 11 is 0. The van der Waals surface area contributed by atoms with Crippen LogP contribution in [0.25, 0.3) is 0 Å². The molecule has 154 valence electrons. The largest absolute Gasteiger partial charge is 0.486 e. The number of carbonyl (C=O) groups is 2. The predicted octanol–water partition coefficient (Wildman–Crippen LogP) is 3.94. The van der Waals surface area contributed by atoms with Gasteiger partial charge in [-0.15, -0.1) is 0 Å². The minimum Gasteiger partial charge on any atom is -0.486 e. The van der Waals surface area contributed by atoms with Crippen molar-refractivity contribution in [1.29, 1.82) is 0 Å². The van der Waals surface area contributed by atoms with E-state index in [0.717, 1.165) is 11.3 Å². The van der Waals surface area contributed by atoms with Gasteiger partial charge in [-0.2, -0.15) is 0 Å². The highest BCUT2D eigenvalue weighted by molar-refractivity contribution is 5.95. The van der Waals surface area contributed by atoms with Gasteiger partial charge in [-0.05, 0) is 47.9 Å². The van der Waals surface area contributed by atoms with Crippen molar-refractivity contribution in [2.45, 2.75) is 33.2 Å². The molecule has 1 unspecified atom stereocenters. The number of fused-ring (bicyclic) bond motifs is 1. The number of ketones is 1. The maximum absolute atomic E-state index is 12.5. The maximum Gasteiger partial charge on any atom is 0.258 e. The van der Waals surface area contributed by atoms with E-state index in [1.165, 1.54) is 0 Å². The van der Waals surface area contributed by atoms with E-state index in [0.29, 0.717) is 36.7 Å². The average molecular weight is 397 g/mol. The number of Topliss-reactive ketones (excluding diaryl/α,β-unsaturated/α-hetero) is 1. The topological polar surface area (TPSA) is 73.9 Å². The first-order valence-electron chi connectivity index (χ1n) is 9.93. The lowest BCUT2D eigenvalue weighted by atomic mass is 9.95. The van der Waals surface area contributed by atoms with Crippen LogP contribution in [-0.2, 0) is 4.79 Å². The molecule has 29 heavy (non-hydrogen) atoms. The first kappa shape index (κ1) is 20.7. The molecule has 0 radical (unpaired) electrons. The Bertz CT molecular complexity index is 860. The van der Waals surface area contributed by atoms with Gasteiger partial charge in [-0.25, -0.2) is 0 Å². The molecule has 1 aliphatic rings. The van der Waals surface area contributed by atoms with Crippen LogP contribution in [-0.4, -0.2) is 31.5 Å². The van der Waals surface area contributed by atoms with Crippen LogP contribution in [0.1, 0.15) is 49.2 Å². The second-order valence-electron chi connectivity index (χ2n) is 7.28. The number of hydrogen-bond acceptors (Lipinski definition) is 5. The SMILES string of the molecule is CCC(=O)c1ccc(OCC(=O)NC(c2ccc3c(c2)OCCO3)C(C)C)cc1. The third-order valence-corrected chi connectivity index (χ3v) is 4.78. The molecule has 1 aliphatic heterocycles.